The molecular formula is C37H41NO5. The van der Waals surface area contributed by atoms with Crippen LogP contribution >= 0.6 is 0 Å². The summed E-state index contributed by atoms with van der Waals surface area (Å²) in [6, 6.07) is 37.0. The SMILES string of the molecule is Cc1cccc(C)c1OC[C@H]1C[C@@H]2[C@@H](OCc3ccccc3)[C@H](OCc3ccccc3)[C@@H](COCc3ccccc3)N2O1. The molecule has 4 aromatic carbocycles. The van der Waals surface area contributed by atoms with Gasteiger partial charge in [-0.05, 0) is 48.1 Å². The lowest BCUT2D eigenvalue weighted by molar-refractivity contribution is -0.200. The van der Waals surface area contributed by atoms with Crippen LogP contribution < -0.4 is 4.74 Å². The summed E-state index contributed by atoms with van der Waals surface area (Å²) in [7, 11) is 0. The normalized spacial score (nSPS) is 23.3. The van der Waals surface area contributed by atoms with Crippen molar-refractivity contribution in [2.24, 2.45) is 0 Å². The summed E-state index contributed by atoms with van der Waals surface area (Å²) in [6.45, 7) is 6.61. The van der Waals surface area contributed by atoms with Crippen molar-refractivity contribution in [3.63, 3.8) is 0 Å². The molecule has 2 aliphatic rings. The zero-order chi connectivity index (χ0) is 29.4. The first kappa shape index (κ1) is 29.5. The van der Waals surface area contributed by atoms with Gasteiger partial charge >= 0.3 is 0 Å². The Morgan fingerprint density at radius 1 is 0.628 bits per heavy atom. The number of fused-ring (bicyclic) bond motifs is 1. The molecule has 0 aliphatic carbocycles. The fourth-order valence-corrected chi connectivity index (χ4v) is 6.14. The number of rotatable bonds is 13. The summed E-state index contributed by atoms with van der Waals surface area (Å²) in [4.78, 5) is 6.64. The van der Waals surface area contributed by atoms with E-state index in [-0.39, 0.29) is 30.4 Å². The highest BCUT2D eigenvalue weighted by molar-refractivity contribution is 5.39. The van der Waals surface area contributed by atoms with Gasteiger partial charge in [-0.2, -0.15) is 5.06 Å². The number of benzene rings is 4. The lowest BCUT2D eigenvalue weighted by Gasteiger charge is -2.28. The molecule has 2 aliphatic heterocycles. The van der Waals surface area contributed by atoms with Crippen LogP contribution in [-0.2, 0) is 38.9 Å². The molecule has 224 valence electrons. The minimum atomic E-state index is -0.231. The largest absolute Gasteiger partial charge is 0.490 e. The van der Waals surface area contributed by atoms with Crippen LogP contribution in [0.1, 0.15) is 34.2 Å². The molecule has 0 amide bonds. The lowest BCUT2D eigenvalue weighted by atomic mass is 10.0. The van der Waals surface area contributed by atoms with Crippen molar-refractivity contribution >= 4 is 0 Å². The molecule has 0 saturated carbocycles. The summed E-state index contributed by atoms with van der Waals surface area (Å²) in [5, 5.41) is 2.09. The van der Waals surface area contributed by atoms with Gasteiger partial charge in [-0.3, -0.25) is 4.84 Å². The van der Waals surface area contributed by atoms with E-state index in [2.05, 4.69) is 73.5 Å². The molecule has 2 saturated heterocycles. The van der Waals surface area contributed by atoms with Gasteiger partial charge < -0.3 is 18.9 Å². The molecule has 5 atom stereocenters. The smallest absolute Gasteiger partial charge is 0.125 e. The lowest BCUT2D eigenvalue weighted by Crippen LogP contribution is -2.42. The third kappa shape index (κ3) is 7.35. The zero-order valence-electron chi connectivity index (χ0n) is 25.0. The first-order chi connectivity index (χ1) is 21.2. The fraction of sp³-hybridized carbons (Fsp3) is 0.351. The molecule has 0 spiro atoms. The minimum absolute atomic E-state index is 0.0152. The average molecular weight is 580 g/mol. The number of hydroxylamine groups is 2. The predicted molar refractivity (Wildman–Crippen MR) is 166 cm³/mol. The van der Waals surface area contributed by atoms with E-state index in [1.807, 2.05) is 54.6 Å². The molecule has 0 aromatic heterocycles. The first-order valence-corrected chi connectivity index (χ1v) is 15.2. The molecule has 0 N–H and O–H groups in total. The third-order valence-electron chi connectivity index (χ3n) is 8.30. The predicted octanol–water partition coefficient (Wildman–Crippen LogP) is 6.83. The molecule has 43 heavy (non-hydrogen) atoms. The maximum absolute atomic E-state index is 6.71. The summed E-state index contributed by atoms with van der Waals surface area (Å²) in [6.07, 6.45) is 0.258. The molecule has 0 radical (unpaired) electrons. The molecule has 2 fully saturated rings. The van der Waals surface area contributed by atoms with Crippen molar-refractivity contribution in [2.75, 3.05) is 13.2 Å². The van der Waals surface area contributed by atoms with E-state index >= 15 is 0 Å². The van der Waals surface area contributed by atoms with E-state index in [1.165, 1.54) is 0 Å². The second-order valence-electron chi connectivity index (χ2n) is 11.5. The van der Waals surface area contributed by atoms with Gasteiger partial charge in [0.25, 0.3) is 0 Å². The number of aryl methyl sites for hydroxylation is 2. The van der Waals surface area contributed by atoms with Crippen molar-refractivity contribution in [3.05, 3.63) is 137 Å². The van der Waals surface area contributed by atoms with Crippen LogP contribution in [0.2, 0.25) is 0 Å². The van der Waals surface area contributed by atoms with Crippen molar-refractivity contribution in [1.29, 1.82) is 0 Å². The Labute approximate surface area is 255 Å². The Bertz CT molecular complexity index is 1400. The minimum Gasteiger partial charge on any atom is -0.490 e. The molecule has 6 rings (SSSR count). The van der Waals surface area contributed by atoms with Crippen LogP contribution in [0.5, 0.6) is 5.75 Å². The molecule has 0 bridgehead atoms. The molecule has 6 nitrogen and oxygen atoms in total. The van der Waals surface area contributed by atoms with Gasteiger partial charge in [-0.15, -0.1) is 0 Å². The van der Waals surface area contributed by atoms with Gasteiger partial charge in [0.2, 0.25) is 0 Å². The second kappa shape index (κ2) is 14.3. The van der Waals surface area contributed by atoms with Crippen LogP contribution in [0, 0.1) is 13.8 Å². The Kier molecular flexibility index (Phi) is 9.83. The van der Waals surface area contributed by atoms with Crippen molar-refractivity contribution < 1.29 is 23.8 Å². The molecule has 6 heteroatoms. The van der Waals surface area contributed by atoms with Crippen LogP contribution in [-0.4, -0.2) is 48.7 Å². The first-order valence-electron chi connectivity index (χ1n) is 15.2. The van der Waals surface area contributed by atoms with Crippen LogP contribution in [0.15, 0.2) is 109 Å². The topological polar surface area (TPSA) is 49.4 Å². The summed E-state index contributed by atoms with van der Waals surface area (Å²) in [5.41, 5.74) is 5.65. The Balaban J connectivity index is 1.21. The molecular weight excluding hydrogens is 538 g/mol. The monoisotopic (exact) mass is 579 g/mol. The van der Waals surface area contributed by atoms with E-state index in [0.717, 1.165) is 40.0 Å². The Morgan fingerprint density at radius 2 is 1.16 bits per heavy atom. The quantitative estimate of drug-likeness (QED) is 0.173. The van der Waals surface area contributed by atoms with E-state index in [1.54, 1.807) is 0 Å². The number of hydrogen-bond acceptors (Lipinski definition) is 6. The maximum Gasteiger partial charge on any atom is 0.125 e. The van der Waals surface area contributed by atoms with E-state index in [4.69, 9.17) is 23.8 Å². The van der Waals surface area contributed by atoms with E-state index < -0.39 is 0 Å². The number of nitrogens with zero attached hydrogens (tertiary/aromatic N) is 1. The number of para-hydroxylation sites is 1. The van der Waals surface area contributed by atoms with Gasteiger partial charge in [-0.25, -0.2) is 0 Å². The van der Waals surface area contributed by atoms with Crippen molar-refractivity contribution in [2.45, 2.75) is 70.5 Å². The average Bonchev–Trinajstić information content (AvgIpc) is 3.57. The second-order valence-corrected chi connectivity index (χ2v) is 11.5. The van der Waals surface area contributed by atoms with Gasteiger partial charge in [0.15, 0.2) is 0 Å². The highest BCUT2D eigenvalue weighted by Gasteiger charge is 2.56. The highest BCUT2D eigenvalue weighted by atomic mass is 16.7. The number of hydrogen-bond donors (Lipinski definition) is 0. The fourth-order valence-electron chi connectivity index (χ4n) is 6.14. The van der Waals surface area contributed by atoms with Crippen molar-refractivity contribution in [3.8, 4) is 5.75 Å². The Hall–Kier alpha value is -3.52. The van der Waals surface area contributed by atoms with E-state index in [0.29, 0.717) is 33.0 Å². The van der Waals surface area contributed by atoms with Gasteiger partial charge in [0.1, 0.15) is 30.7 Å². The summed E-state index contributed by atoms with van der Waals surface area (Å²) >= 11 is 0. The molecule has 0 unspecified atom stereocenters. The summed E-state index contributed by atoms with van der Waals surface area (Å²) in [5.74, 6) is 0.932. The molecule has 4 aromatic rings. The van der Waals surface area contributed by atoms with Crippen molar-refractivity contribution in [1.82, 2.24) is 5.06 Å². The Morgan fingerprint density at radius 3 is 1.74 bits per heavy atom. The highest BCUT2D eigenvalue weighted by Crippen LogP contribution is 2.40. The van der Waals surface area contributed by atoms with Crippen LogP contribution in [0.3, 0.4) is 0 Å². The standard InChI is InChI=1S/C37H41NO5/c1-27-13-12-14-28(2)35(27)42-25-32-21-33-36(40-23-30-17-8-4-9-18-30)37(41-24-31-19-10-5-11-20-31)34(38(33)43-32)26-39-22-29-15-6-3-7-16-29/h3-20,32-34,36-37H,21-26H2,1-2H3/t32-,33-,34-,36-,37-/m1/s1. The third-order valence-corrected chi connectivity index (χ3v) is 8.30. The summed E-state index contributed by atoms with van der Waals surface area (Å²) < 4.78 is 26.0. The maximum atomic E-state index is 6.71. The van der Waals surface area contributed by atoms with Gasteiger partial charge in [0, 0.05) is 0 Å². The molecule has 2 heterocycles. The van der Waals surface area contributed by atoms with Crippen LogP contribution in [0.4, 0.5) is 0 Å². The zero-order valence-corrected chi connectivity index (χ0v) is 25.0. The van der Waals surface area contributed by atoms with Crippen LogP contribution in [0.25, 0.3) is 0 Å². The number of ether oxygens (including phenoxy) is 4. The van der Waals surface area contributed by atoms with Gasteiger partial charge in [0.05, 0.1) is 38.5 Å². The van der Waals surface area contributed by atoms with E-state index in [9.17, 15) is 0 Å². The van der Waals surface area contributed by atoms with Gasteiger partial charge in [-0.1, -0.05) is 109 Å².